The van der Waals surface area contributed by atoms with E-state index in [1.807, 2.05) is 13.0 Å². The molecule has 0 atom stereocenters. The molecular formula is C17H26N2O2. The molecule has 1 aromatic carbocycles. The van der Waals surface area contributed by atoms with Gasteiger partial charge in [-0.15, -0.1) is 0 Å². The minimum atomic E-state index is 0.767. The summed E-state index contributed by atoms with van der Waals surface area (Å²) < 4.78 is 13.4. The highest BCUT2D eigenvalue weighted by Gasteiger charge is 2.06. The van der Waals surface area contributed by atoms with Gasteiger partial charge in [-0.1, -0.05) is 13.0 Å². The van der Waals surface area contributed by atoms with Crippen LogP contribution in [0.15, 0.2) is 30.5 Å². The first-order valence-electron chi connectivity index (χ1n) is 7.86. The number of fused-ring (bicyclic) bond motifs is 1. The summed E-state index contributed by atoms with van der Waals surface area (Å²) in [5, 5.41) is 4.59. The van der Waals surface area contributed by atoms with E-state index in [9.17, 15) is 0 Å². The zero-order valence-corrected chi connectivity index (χ0v) is 13.1. The number of ether oxygens (including phenoxy) is 2. The molecule has 116 valence electrons. The largest absolute Gasteiger partial charge is 0.493 e. The molecule has 0 saturated carbocycles. The highest BCUT2D eigenvalue weighted by Crippen LogP contribution is 2.26. The van der Waals surface area contributed by atoms with Crippen LogP contribution in [-0.2, 0) is 11.3 Å². The Hall–Kier alpha value is -1.52. The van der Waals surface area contributed by atoms with Crippen molar-refractivity contribution in [3.05, 3.63) is 30.5 Å². The van der Waals surface area contributed by atoms with Crippen molar-refractivity contribution in [2.45, 2.75) is 26.8 Å². The number of nitrogens with one attached hydrogen (secondary N) is 1. The number of hydrogen-bond donors (Lipinski definition) is 1. The molecule has 0 spiro atoms. The molecule has 4 nitrogen and oxygen atoms in total. The minimum Gasteiger partial charge on any atom is -0.493 e. The van der Waals surface area contributed by atoms with Crippen molar-refractivity contribution in [3.8, 4) is 5.75 Å². The van der Waals surface area contributed by atoms with E-state index in [1.165, 1.54) is 10.9 Å². The van der Waals surface area contributed by atoms with Gasteiger partial charge in [-0.25, -0.2) is 0 Å². The second-order valence-electron chi connectivity index (χ2n) is 4.99. The van der Waals surface area contributed by atoms with Gasteiger partial charge in [0.25, 0.3) is 0 Å². The van der Waals surface area contributed by atoms with E-state index < -0.39 is 0 Å². The van der Waals surface area contributed by atoms with Crippen molar-refractivity contribution in [1.29, 1.82) is 0 Å². The van der Waals surface area contributed by atoms with Crippen molar-refractivity contribution < 1.29 is 9.47 Å². The van der Waals surface area contributed by atoms with E-state index in [0.29, 0.717) is 0 Å². The minimum absolute atomic E-state index is 0.767. The normalized spacial score (nSPS) is 11.1. The number of aromatic nitrogens is 1. The fraction of sp³-hybridized carbons (Fsp3) is 0.529. The molecule has 0 unspecified atom stereocenters. The highest BCUT2D eigenvalue weighted by atomic mass is 16.5. The van der Waals surface area contributed by atoms with Crippen LogP contribution < -0.4 is 10.1 Å². The Kier molecular flexibility index (Phi) is 6.57. The number of nitrogens with zero attached hydrogens (tertiary/aromatic N) is 1. The van der Waals surface area contributed by atoms with E-state index in [4.69, 9.17) is 9.47 Å². The maximum absolute atomic E-state index is 5.81. The Balaban J connectivity index is 1.92. The van der Waals surface area contributed by atoms with Crippen molar-refractivity contribution in [3.63, 3.8) is 0 Å². The molecule has 0 aliphatic carbocycles. The lowest BCUT2D eigenvalue weighted by Gasteiger charge is -2.09. The average Bonchev–Trinajstić information content (AvgIpc) is 2.92. The summed E-state index contributed by atoms with van der Waals surface area (Å²) in [5.41, 5.74) is 1.23. The topological polar surface area (TPSA) is 35.4 Å². The van der Waals surface area contributed by atoms with Gasteiger partial charge in [-0.3, -0.25) is 0 Å². The van der Waals surface area contributed by atoms with E-state index in [2.05, 4.69) is 41.2 Å². The van der Waals surface area contributed by atoms with Gasteiger partial charge in [0.2, 0.25) is 0 Å². The number of benzene rings is 1. The van der Waals surface area contributed by atoms with E-state index in [1.54, 1.807) is 0 Å². The Labute approximate surface area is 127 Å². The second-order valence-corrected chi connectivity index (χ2v) is 4.99. The average molecular weight is 290 g/mol. The SMILES string of the molecule is CCCOc1cccc2c1ccn2CCNCCOCC. The Morgan fingerprint density at radius 1 is 1.10 bits per heavy atom. The molecule has 4 heteroatoms. The second kappa shape index (κ2) is 8.70. The van der Waals surface area contributed by atoms with Gasteiger partial charge >= 0.3 is 0 Å². The Morgan fingerprint density at radius 3 is 2.81 bits per heavy atom. The van der Waals surface area contributed by atoms with Gasteiger partial charge in [0.15, 0.2) is 0 Å². The number of rotatable bonds is 10. The zero-order chi connectivity index (χ0) is 14.9. The molecule has 0 radical (unpaired) electrons. The maximum atomic E-state index is 5.81. The lowest BCUT2D eigenvalue weighted by atomic mass is 10.2. The van der Waals surface area contributed by atoms with Crippen molar-refractivity contribution in [2.24, 2.45) is 0 Å². The van der Waals surface area contributed by atoms with Crippen LogP contribution in [0.5, 0.6) is 5.75 Å². The summed E-state index contributed by atoms with van der Waals surface area (Å²) in [7, 11) is 0. The van der Waals surface area contributed by atoms with Gasteiger partial charge in [-0.2, -0.15) is 0 Å². The zero-order valence-electron chi connectivity index (χ0n) is 13.1. The predicted octanol–water partition coefficient (Wildman–Crippen LogP) is 3.06. The molecule has 1 N–H and O–H groups in total. The molecule has 0 saturated heterocycles. The van der Waals surface area contributed by atoms with Crippen LogP contribution in [0, 0.1) is 0 Å². The molecule has 2 aromatic rings. The molecule has 0 aliphatic rings. The first-order chi connectivity index (χ1) is 10.4. The van der Waals surface area contributed by atoms with Crippen LogP contribution in [0.2, 0.25) is 0 Å². The van der Waals surface area contributed by atoms with Gasteiger partial charge in [-0.05, 0) is 31.5 Å². The fourth-order valence-electron chi connectivity index (χ4n) is 2.34. The van der Waals surface area contributed by atoms with E-state index in [0.717, 1.165) is 51.6 Å². The summed E-state index contributed by atoms with van der Waals surface area (Å²) in [6, 6.07) is 8.39. The molecule has 0 bridgehead atoms. The third kappa shape index (κ3) is 4.48. The van der Waals surface area contributed by atoms with Gasteiger partial charge < -0.3 is 19.4 Å². The molecule has 21 heavy (non-hydrogen) atoms. The van der Waals surface area contributed by atoms with Crippen LogP contribution >= 0.6 is 0 Å². The first-order valence-corrected chi connectivity index (χ1v) is 7.86. The molecular weight excluding hydrogens is 264 g/mol. The summed E-state index contributed by atoms with van der Waals surface area (Å²) in [6.45, 7) is 9.26. The van der Waals surface area contributed by atoms with Gasteiger partial charge in [0, 0.05) is 37.8 Å². The number of hydrogen-bond acceptors (Lipinski definition) is 3. The van der Waals surface area contributed by atoms with Crippen LogP contribution in [0.4, 0.5) is 0 Å². The van der Waals surface area contributed by atoms with Crippen LogP contribution in [0.25, 0.3) is 10.9 Å². The van der Waals surface area contributed by atoms with Crippen molar-refractivity contribution in [2.75, 3.05) is 32.9 Å². The third-order valence-corrected chi connectivity index (χ3v) is 3.39. The molecule has 0 fully saturated rings. The predicted molar refractivity (Wildman–Crippen MR) is 87.1 cm³/mol. The Morgan fingerprint density at radius 2 is 2.00 bits per heavy atom. The first kappa shape index (κ1) is 15.9. The Bertz CT molecular complexity index is 537. The smallest absolute Gasteiger partial charge is 0.128 e. The molecule has 0 aliphatic heterocycles. The van der Waals surface area contributed by atoms with Crippen molar-refractivity contribution in [1.82, 2.24) is 9.88 Å². The lowest BCUT2D eigenvalue weighted by Crippen LogP contribution is -2.23. The lowest BCUT2D eigenvalue weighted by molar-refractivity contribution is 0.149. The monoisotopic (exact) mass is 290 g/mol. The standard InChI is InChI=1S/C17H26N2O2/c1-3-13-21-17-7-5-6-16-15(17)8-11-19(16)12-9-18-10-14-20-4-2/h5-8,11,18H,3-4,9-10,12-14H2,1-2H3. The molecule has 1 aromatic heterocycles. The van der Waals surface area contributed by atoms with Gasteiger partial charge in [0.1, 0.15) is 5.75 Å². The van der Waals surface area contributed by atoms with Crippen LogP contribution in [0.1, 0.15) is 20.3 Å². The van der Waals surface area contributed by atoms with Crippen LogP contribution in [0.3, 0.4) is 0 Å². The van der Waals surface area contributed by atoms with E-state index >= 15 is 0 Å². The molecule has 0 amide bonds. The summed E-state index contributed by atoms with van der Waals surface area (Å²) >= 11 is 0. The highest BCUT2D eigenvalue weighted by molar-refractivity contribution is 5.86. The summed E-state index contributed by atoms with van der Waals surface area (Å²) in [5.74, 6) is 0.984. The van der Waals surface area contributed by atoms with Gasteiger partial charge in [0.05, 0.1) is 18.7 Å². The molecule has 1 heterocycles. The van der Waals surface area contributed by atoms with Crippen LogP contribution in [-0.4, -0.2) is 37.5 Å². The van der Waals surface area contributed by atoms with E-state index in [-0.39, 0.29) is 0 Å². The molecule has 2 rings (SSSR count). The quantitative estimate of drug-likeness (QED) is 0.683. The maximum Gasteiger partial charge on any atom is 0.128 e. The van der Waals surface area contributed by atoms with Crippen molar-refractivity contribution >= 4 is 10.9 Å². The summed E-state index contributed by atoms with van der Waals surface area (Å²) in [6.07, 6.45) is 3.16. The fourth-order valence-corrected chi connectivity index (χ4v) is 2.34. The summed E-state index contributed by atoms with van der Waals surface area (Å²) in [4.78, 5) is 0. The third-order valence-electron chi connectivity index (χ3n) is 3.39.